The van der Waals surface area contributed by atoms with Crippen molar-refractivity contribution in [1.82, 2.24) is 9.21 Å². The molecule has 0 saturated carbocycles. The number of fused-ring (bicyclic) bond motifs is 1. The molecular weight excluding hydrogens is 347 g/mol. The second-order valence-electron chi connectivity index (χ2n) is 5.37. The second-order valence-corrected chi connectivity index (χ2v) is 6.66. The first-order valence-corrected chi connectivity index (χ1v) is 8.27. The van der Waals surface area contributed by atoms with E-state index < -0.39 is 34.2 Å². The summed E-state index contributed by atoms with van der Waals surface area (Å²) in [6.07, 6.45) is 3.13. The minimum atomic E-state index is -4.57. The molecular formula is C14H15N2NaO6S. The maximum absolute atomic E-state index is 12.2. The van der Waals surface area contributed by atoms with Crippen LogP contribution in [0.3, 0.4) is 0 Å². The fraction of sp³-hybridized carbons (Fsp3) is 0.286. The molecule has 2 N–H and O–H groups in total. The van der Waals surface area contributed by atoms with E-state index in [1.165, 1.54) is 23.1 Å². The summed E-state index contributed by atoms with van der Waals surface area (Å²) in [4.78, 5) is 25.3. The summed E-state index contributed by atoms with van der Waals surface area (Å²) in [5.41, 5.74) is 0.700. The summed E-state index contributed by atoms with van der Waals surface area (Å²) in [6, 6.07) is 4.68. The van der Waals surface area contributed by atoms with Crippen LogP contribution < -0.4 is 29.6 Å². The second kappa shape index (κ2) is 6.85. The smallest absolute Gasteiger partial charge is 1.00 e. The van der Waals surface area contributed by atoms with Crippen molar-refractivity contribution in [3.63, 3.8) is 0 Å². The molecule has 124 valence electrons. The number of phenolic OH excluding ortho intramolecular Hbond substituents is 1. The van der Waals surface area contributed by atoms with Crippen LogP contribution in [0.5, 0.6) is 5.75 Å². The fourth-order valence-electron chi connectivity index (χ4n) is 2.91. The number of hydrogen-bond acceptors (Lipinski definition) is 5. The molecule has 0 aliphatic carbocycles. The van der Waals surface area contributed by atoms with Crippen LogP contribution in [-0.2, 0) is 19.9 Å². The van der Waals surface area contributed by atoms with E-state index in [0.29, 0.717) is 16.3 Å². The number of nitrogens with zero attached hydrogens (tertiary/aromatic N) is 2. The van der Waals surface area contributed by atoms with Gasteiger partial charge in [0.2, 0.25) is 5.91 Å². The molecule has 2 atom stereocenters. The van der Waals surface area contributed by atoms with Gasteiger partial charge in [0, 0.05) is 12.6 Å². The van der Waals surface area contributed by atoms with E-state index in [4.69, 9.17) is 4.55 Å². The van der Waals surface area contributed by atoms with Crippen molar-refractivity contribution in [3.8, 4) is 5.75 Å². The summed E-state index contributed by atoms with van der Waals surface area (Å²) in [5.74, 6) is -1.09. The molecule has 0 aromatic heterocycles. The van der Waals surface area contributed by atoms with Crippen molar-refractivity contribution in [2.75, 3.05) is 6.54 Å². The summed E-state index contributed by atoms with van der Waals surface area (Å²) >= 11 is 0. The van der Waals surface area contributed by atoms with Gasteiger partial charge in [-0.05, 0) is 30.2 Å². The molecule has 0 radical (unpaired) electrons. The van der Waals surface area contributed by atoms with Gasteiger partial charge in [-0.1, -0.05) is 12.1 Å². The Hall–Kier alpha value is -1.39. The molecule has 2 fully saturated rings. The summed E-state index contributed by atoms with van der Waals surface area (Å²) in [7, 11) is -4.57. The molecule has 24 heavy (non-hydrogen) atoms. The molecule has 8 nitrogen and oxygen atoms in total. The van der Waals surface area contributed by atoms with Crippen LogP contribution in [0.2, 0.25) is 0 Å². The van der Waals surface area contributed by atoms with E-state index in [1.54, 1.807) is 18.2 Å². The predicted molar refractivity (Wildman–Crippen MR) is 80.6 cm³/mol. The van der Waals surface area contributed by atoms with Crippen LogP contribution >= 0.6 is 0 Å². The number of carbonyl (C=O) groups excluding carboxylic acids is 2. The zero-order valence-electron chi connectivity index (χ0n) is 13.9. The van der Waals surface area contributed by atoms with Gasteiger partial charge in [-0.25, -0.2) is 4.31 Å². The third-order valence-corrected chi connectivity index (χ3v) is 4.93. The molecule has 2 aliphatic rings. The van der Waals surface area contributed by atoms with E-state index in [1.807, 2.05) is 0 Å². The van der Waals surface area contributed by atoms with E-state index >= 15 is 0 Å². The third kappa shape index (κ3) is 3.35. The Balaban J connectivity index is 0.00000156. The molecule has 1 aromatic carbocycles. The Labute approximate surface area is 162 Å². The largest absolute Gasteiger partial charge is 1.00 e. The number of rotatable bonds is 3. The molecule has 10 heteroatoms. The minimum Gasteiger partial charge on any atom is -1.00 e. The third-order valence-electron chi connectivity index (χ3n) is 3.98. The zero-order valence-corrected chi connectivity index (χ0v) is 15.7. The van der Waals surface area contributed by atoms with Gasteiger partial charge in [-0.15, -0.1) is 0 Å². The molecule has 0 unspecified atom stereocenters. The number of amides is 2. The number of aromatic hydroxyl groups is 1. The van der Waals surface area contributed by atoms with Gasteiger partial charge in [0.1, 0.15) is 11.8 Å². The SMILES string of the molecule is O=C(/C=C/c1ccc(O)cc1)N1CC[C@@H]2[C@H]1C(=O)N2S(=O)(=O)O.[H-].[Na+]. The Bertz CT molecular complexity index is 798. The molecule has 1 aromatic rings. The van der Waals surface area contributed by atoms with E-state index in [-0.39, 0.29) is 43.3 Å². The van der Waals surface area contributed by atoms with Gasteiger partial charge >= 0.3 is 39.9 Å². The Kier molecular flexibility index (Phi) is 5.41. The van der Waals surface area contributed by atoms with Crippen LogP contribution in [0.15, 0.2) is 30.3 Å². The van der Waals surface area contributed by atoms with Gasteiger partial charge in [-0.3, -0.25) is 14.1 Å². The quantitative estimate of drug-likeness (QED) is 0.259. The van der Waals surface area contributed by atoms with Crippen LogP contribution in [0.4, 0.5) is 0 Å². The fourth-order valence-corrected chi connectivity index (χ4v) is 3.81. The van der Waals surface area contributed by atoms with Crippen molar-refractivity contribution < 1.29 is 58.7 Å². The van der Waals surface area contributed by atoms with Crippen molar-refractivity contribution >= 4 is 28.2 Å². The van der Waals surface area contributed by atoms with E-state index in [0.717, 1.165) is 0 Å². The normalized spacial score (nSPS) is 23.0. The zero-order chi connectivity index (χ0) is 16.8. The summed E-state index contributed by atoms with van der Waals surface area (Å²) in [6.45, 7) is 0.242. The summed E-state index contributed by atoms with van der Waals surface area (Å²) < 4.78 is 31.6. The minimum absolute atomic E-state index is 0. The van der Waals surface area contributed by atoms with Gasteiger partial charge in [0.25, 0.3) is 5.91 Å². The molecule has 2 aliphatic heterocycles. The van der Waals surface area contributed by atoms with Gasteiger partial charge in [0.15, 0.2) is 0 Å². The molecule has 2 amide bonds. The average Bonchev–Trinajstić information content (AvgIpc) is 2.83. The topological polar surface area (TPSA) is 115 Å². The van der Waals surface area contributed by atoms with Crippen molar-refractivity contribution in [3.05, 3.63) is 35.9 Å². The first kappa shape index (κ1) is 18.9. The Morgan fingerprint density at radius 3 is 2.50 bits per heavy atom. The maximum Gasteiger partial charge on any atom is 1.00 e. The predicted octanol–water partition coefficient (Wildman–Crippen LogP) is -2.86. The van der Waals surface area contributed by atoms with Gasteiger partial charge in [-0.2, -0.15) is 8.42 Å². The molecule has 2 heterocycles. The number of hydrogen-bond donors (Lipinski definition) is 2. The van der Waals surface area contributed by atoms with Gasteiger partial charge < -0.3 is 11.4 Å². The Morgan fingerprint density at radius 1 is 1.29 bits per heavy atom. The van der Waals surface area contributed by atoms with E-state index in [9.17, 15) is 23.1 Å². The molecule has 0 bridgehead atoms. The number of carbonyl (C=O) groups is 2. The standard InChI is InChI=1S/C14H14N2O6S.Na.H/c17-10-4-1-9(2-5-10)3-6-12(18)15-8-7-11-13(15)14(19)16(11)23(20,21)22;;/h1-6,11,13,17H,7-8H2,(H,20,21,22);;/q;+1;-1/b6-3+;;/t11-,13+;;/m1../s1. The number of likely N-dealkylation sites (tertiary alicyclic amines) is 1. The van der Waals surface area contributed by atoms with E-state index in [2.05, 4.69) is 0 Å². The van der Waals surface area contributed by atoms with Crippen molar-refractivity contribution in [2.45, 2.75) is 18.5 Å². The van der Waals surface area contributed by atoms with Crippen LogP contribution in [0, 0.1) is 0 Å². The van der Waals surface area contributed by atoms with Crippen LogP contribution in [-0.4, -0.2) is 57.7 Å². The van der Waals surface area contributed by atoms with Crippen molar-refractivity contribution in [1.29, 1.82) is 0 Å². The van der Waals surface area contributed by atoms with Crippen LogP contribution in [0.25, 0.3) is 6.08 Å². The van der Waals surface area contributed by atoms with Gasteiger partial charge in [0.05, 0.1) is 6.04 Å². The monoisotopic (exact) mass is 362 g/mol. The first-order valence-electron chi connectivity index (χ1n) is 6.87. The van der Waals surface area contributed by atoms with Crippen LogP contribution in [0.1, 0.15) is 13.4 Å². The molecule has 3 rings (SSSR count). The Morgan fingerprint density at radius 2 is 1.92 bits per heavy atom. The average molecular weight is 362 g/mol. The number of β-lactam (4-membered cyclic amide) rings is 1. The first-order chi connectivity index (χ1) is 10.8. The summed E-state index contributed by atoms with van der Waals surface area (Å²) in [5, 5.41) is 9.19. The molecule has 2 saturated heterocycles. The molecule has 0 spiro atoms. The van der Waals surface area contributed by atoms with Crippen molar-refractivity contribution in [2.24, 2.45) is 0 Å². The number of benzene rings is 1. The number of phenols is 1. The maximum atomic E-state index is 12.2.